The van der Waals surface area contributed by atoms with Gasteiger partial charge in [-0.05, 0) is 44.0 Å². The van der Waals surface area contributed by atoms with E-state index in [-0.39, 0.29) is 23.6 Å². The minimum Gasteiger partial charge on any atom is -0.432 e. The van der Waals surface area contributed by atoms with Crippen LogP contribution in [0, 0.1) is 11.7 Å². The van der Waals surface area contributed by atoms with Gasteiger partial charge in [0.25, 0.3) is 5.89 Å². The fraction of sp³-hybridized carbons (Fsp3) is 0.412. The Kier molecular flexibility index (Phi) is 3.61. The maximum absolute atomic E-state index is 13.8. The van der Waals surface area contributed by atoms with Crippen LogP contribution in [0.3, 0.4) is 0 Å². The molecule has 0 saturated carbocycles. The Morgan fingerprint density at radius 3 is 2.78 bits per heavy atom. The molecule has 2 aromatic rings. The van der Waals surface area contributed by atoms with E-state index < -0.39 is 5.82 Å². The van der Waals surface area contributed by atoms with Crippen LogP contribution >= 0.6 is 0 Å². The maximum Gasteiger partial charge on any atom is 0.307 e. The lowest BCUT2D eigenvalue weighted by Gasteiger charge is -2.44. The first-order chi connectivity index (χ1) is 11.2. The van der Waals surface area contributed by atoms with Gasteiger partial charge in [-0.2, -0.15) is 0 Å². The number of nitrogens with zero attached hydrogens (tertiary/aromatic N) is 2. The maximum atomic E-state index is 13.8. The second-order valence-corrected chi connectivity index (χ2v) is 6.23. The van der Waals surface area contributed by atoms with Crippen molar-refractivity contribution in [2.24, 2.45) is 5.92 Å². The molecular formula is C17H18FN3O2. The van der Waals surface area contributed by atoms with Gasteiger partial charge in [0.05, 0.1) is 11.8 Å². The fourth-order valence-corrected chi connectivity index (χ4v) is 3.52. The van der Waals surface area contributed by atoms with Gasteiger partial charge in [-0.1, -0.05) is 12.1 Å². The van der Waals surface area contributed by atoms with Crippen molar-refractivity contribution >= 4 is 5.91 Å². The van der Waals surface area contributed by atoms with Gasteiger partial charge in [-0.3, -0.25) is 4.79 Å². The van der Waals surface area contributed by atoms with Crippen LogP contribution in [0.15, 0.2) is 34.9 Å². The SMILES string of the molecule is O=C(N[C@H]1CN2CCC1CC2)c1ncc(-c2ccccc2F)o1. The van der Waals surface area contributed by atoms with Crippen LogP contribution in [-0.4, -0.2) is 41.5 Å². The second-order valence-electron chi connectivity index (χ2n) is 6.23. The molecule has 1 aromatic carbocycles. The van der Waals surface area contributed by atoms with Crippen molar-refractivity contribution in [1.29, 1.82) is 0 Å². The number of amides is 1. The monoisotopic (exact) mass is 315 g/mol. The highest BCUT2D eigenvalue weighted by atomic mass is 19.1. The number of aromatic nitrogens is 1. The standard InChI is InChI=1S/C17H18FN3O2/c18-13-4-2-1-3-12(13)15-9-19-17(23-15)16(22)20-14-10-21-7-5-11(14)6-8-21/h1-4,9,11,14H,5-8,10H2,(H,20,22)/t14-/m0/s1. The van der Waals surface area contributed by atoms with Crippen molar-refractivity contribution in [3.8, 4) is 11.3 Å². The van der Waals surface area contributed by atoms with Gasteiger partial charge in [0.1, 0.15) is 5.82 Å². The zero-order chi connectivity index (χ0) is 15.8. The molecule has 6 heteroatoms. The lowest BCUT2D eigenvalue weighted by atomic mass is 9.84. The van der Waals surface area contributed by atoms with Crippen LogP contribution in [0.1, 0.15) is 23.5 Å². The molecule has 0 aliphatic carbocycles. The Balaban J connectivity index is 1.48. The van der Waals surface area contributed by atoms with Gasteiger partial charge in [0.2, 0.25) is 0 Å². The summed E-state index contributed by atoms with van der Waals surface area (Å²) in [6.07, 6.45) is 3.64. The lowest BCUT2D eigenvalue weighted by molar-refractivity contribution is 0.0602. The molecule has 0 spiro atoms. The molecule has 3 fully saturated rings. The van der Waals surface area contributed by atoms with Crippen LogP contribution in [0.5, 0.6) is 0 Å². The largest absolute Gasteiger partial charge is 0.432 e. The third-order valence-electron chi connectivity index (χ3n) is 4.81. The number of carbonyl (C=O) groups is 1. The van der Waals surface area contributed by atoms with E-state index in [9.17, 15) is 9.18 Å². The third-order valence-corrected chi connectivity index (χ3v) is 4.81. The van der Waals surface area contributed by atoms with Crippen LogP contribution < -0.4 is 5.32 Å². The Labute approximate surface area is 133 Å². The van der Waals surface area contributed by atoms with Gasteiger partial charge in [-0.25, -0.2) is 9.37 Å². The summed E-state index contributed by atoms with van der Waals surface area (Å²) in [6, 6.07) is 6.42. The van der Waals surface area contributed by atoms with E-state index in [1.807, 2.05) is 0 Å². The topological polar surface area (TPSA) is 58.4 Å². The Hall–Kier alpha value is -2.21. The molecule has 0 unspecified atom stereocenters. The van der Waals surface area contributed by atoms with Gasteiger partial charge < -0.3 is 14.6 Å². The molecule has 3 aliphatic rings. The molecule has 23 heavy (non-hydrogen) atoms. The molecule has 1 atom stereocenters. The summed E-state index contributed by atoms with van der Waals surface area (Å²) in [5, 5.41) is 3.02. The third kappa shape index (κ3) is 2.74. The molecule has 1 aromatic heterocycles. The summed E-state index contributed by atoms with van der Waals surface area (Å²) in [4.78, 5) is 18.7. The van der Waals surface area contributed by atoms with E-state index in [0.29, 0.717) is 11.5 Å². The molecule has 1 N–H and O–H groups in total. The molecular weight excluding hydrogens is 297 g/mol. The van der Waals surface area contributed by atoms with Crippen molar-refractivity contribution in [3.05, 3.63) is 42.2 Å². The first-order valence-corrected chi connectivity index (χ1v) is 7.94. The summed E-state index contributed by atoms with van der Waals surface area (Å²) in [6.45, 7) is 3.12. The van der Waals surface area contributed by atoms with Gasteiger partial charge in [0, 0.05) is 12.6 Å². The van der Waals surface area contributed by atoms with E-state index in [0.717, 1.165) is 32.5 Å². The average molecular weight is 315 g/mol. The Morgan fingerprint density at radius 1 is 1.30 bits per heavy atom. The highest BCUT2D eigenvalue weighted by molar-refractivity contribution is 5.90. The van der Waals surface area contributed by atoms with Crippen molar-refractivity contribution in [1.82, 2.24) is 15.2 Å². The van der Waals surface area contributed by atoms with Crippen molar-refractivity contribution in [2.45, 2.75) is 18.9 Å². The minimum absolute atomic E-state index is 0.0142. The van der Waals surface area contributed by atoms with Crippen LogP contribution in [0.2, 0.25) is 0 Å². The number of fused-ring (bicyclic) bond motifs is 3. The molecule has 3 aliphatic heterocycles. The quantitative estimate of drug-likeness (QED) is 0.944. The fourth-order valence-electron chi connectivity index (χ4n) is 3.52. The summed E-state index contributed by atoms with van der Waals surface area (Å²) in [5.41, 5.74) is 0.307. The Bertz CT molecular complexity index is 722. The zero-order valence-corrected chi connectivity index (χ0v) is 12.7. The number of hydrogen-bond donors (Lipinski definition) is 1. The number of hydrogen-bond acceptors (Lipinski definition) is 4. The van der Waals surface area contributed by atoms with Crippen LogP contribution in [0.4, 0.5) is 4.39 Å². The predicted octanol–water partition coefficient (Wildman–Crippen LogP) is 2.30. The Morgan fingerprint density at radius 2 is 2.09 bits per heavy atom. The normalized spacial score (nSPS) is 26.2. The number of nitrogens with one attached hydrogen (secondary N) is 1. The lowest BCUT2D eigenvalue weighted by Crippen LogP contribution is -2.57. The first-order valence-electron chi connectivity index (χ1n) is 7.94. The van der Waals surface area contributed by atoms with Crippen LogP contribution in [-0.2, 0) is 0 Å². The number of oxazole rings is 1. The minimum atomic E-state index is -0.395. The molecule has 2 bridgehead atoms. The predicted molar refractivity (Wildman–Crippen MR) is 82.3 cm³/mol. The molecule has 3 saturated heterocycles. The second kappa shape index (κ2) is 5.77. The van der Waals surface area contributed by atoms with Crippen molar-refractivity contribution in [3.63, 3.8) is 0 Å². The molecule has 4 heterocycles. The number of halogens is 1. The zero-order valence-electron chi connectivity index (χ0n) is 12.7. The van der Waals surface area contributed by atoms with E-state index in [1.165, 1.54) is 12.3 Å². The summed E-state index contributed by atoms with van der Waals surface area (Å²) in [5.74, 6) is 0.0613. The molecule has 5 nitrogen and oxygen atoms in total. The van der Waals surface area contributed by atoms with Gasteiger partial charge in [-0.15, -0.1) is 0 Å². The smallest absolute Gasteiger partial charge is 0.307 e. The van der Waals surface area contributed by atoms with Gasteiger partial charge >= 0.3 is 5.91 Å². The highest BCUT2D eigenvalue weighted by Crippen LogP contribution is 2.28. The molecule has 1 amide bonds. The number of benzene rings is 1. The van der Waals surface area contributed by atoms with E-state index >= 15 is 0 Å². The molecule has 0 radical (unpaired) electrons. The van der Waals surface area contributed by atoms with Crippen LogP contribution in [0.25, 0.3) is 11.3 Å². The molecule has 120 valence electrons. The number of carbonyl (C=O) groups excluding carboxylic acids is 1. The van der Waals surface area contributed by atoms with E-state index in [2.05, 4.69) is 15.2 Å². The van der Waals surface area contributed by atoms with E-state index in [4.69, 9.17) is 4.42 Å². The summed E-state index contributed by atoms with van der Waals surface area (Å²) < 4.78 is 19.2. The average Bonchev–Trinajstić information content (AvgIpc) is 3.06. The summed E-state index contributed by atoms with van der Waals surface area (Å²) in [7, 11) is 0. The van der Waals surface area contributed by atoms with E-state index in [1.54, 1.807) is 18.2 Å². The van der Waals surface area contributed by atoms with Crippen molar-refractivity contribution in [2.75, 3.05) is 19.6 Å². The van der Waals surface area contributed by atoms with Gasteiger partial charge in [0.15, 0.2) is 5.76 Å². The number of piperidine rings is 3. The highest BCUT2D eigenvalue weighted by Gasteiger charge is 2.35. The number of rotatable bonds is 3. The summed E-state index contributed by atoms with van der Waals surface area (Å²) >= 11 is 0. The first kappa shape index (κ1) is 14.4. The molecule has 5 rings (SSSR count). The van der Waals surface area contributed by atoms with Crippen molar-refractivity contribution < 1.29 is 13.6 Å².